The van der Waals surface area contributed by atoms with E-state index in [1.54, 1.807) is 23.1 Å². The van der Waals surface area contributed by atoms with E-state index >= 15 is 0 Å². The highest BCUT2D eigenvalue weighted by Gasteiger charge is 2.07. The van der Waals surface area contributed by atoms with Crippen LogP contribution in [0.4, 0.5) is 5.82 Å². The molecule has 0 aliphatic heterocycles. The molecular weight excluding hydrogens is 342 g/mol. The third-order valence-electron chi connectivity index (χ3n) is 2.62. The lowest BCUT2D eigenvalue weighted by atomic mass is 10.2. The minimum Gasteiger partial charge on any atom is -0.383 e. The van der Waals surface area contributed by atoms with Gasteiger partial charge in [-0.1, -0.05) is 39.8 Å². The first-order chi connectivity index (χ1) is 9.22. The maximum absolute atomic E-state index is 5.93. The minimum atomic E-state index is 0.560. The summed E-state index contributed by atoms with van der Waals surface area (Å²) in [6.45, 7) is 0. The fourth-order valence-corrected chi connectivity index (χ4v) is 3.55. The smallest absolute Gasteiger partial charge is 0.191 e. The van der Waals surface area contributed by atoms with E-state index in [1.807, 2.05) is 23.6 Å². The van der Waals surface area contributed by atoms with Crippen molar-refractivity contribution in [3.63, 3.8) is 0 Å². The maximum atomic E-state index is 5.93. The van der Waals surface area contributed by atoms with Gasteiger partial charge in [0.05, 0.1) is 5.39 Å². The molecule has 0 radical (unpaired) electrons. The molecule has 0 fully saturated rings. The zero-order chi connectivity index (χ0) is 13.2. The van der Waals surface area contributed by atoms with Gasteiger partial charge in [-0.25, -0.2) is 9.97 Å². The van der Waals surface area contributed by atoms with Gasteiger partial charge in [-0.15, -0.1) is 11.3 Å². The van der Waals surface area contributed by atoms with Crippen LogP contribution in [0.3, 0.4) is 0 Å². The first kappa shape index (κ1) is 12.9. The molecule has 0 atom stereocenters. The van der Waals surface area contributed by atoms with Crippen molar-refractivity contribution in [2.75, 3.05) is 5.73 Å². The second kappa shape index (κ2) is 5.48. The van der Waals surface area contributed by atoms with Crippen LogP contribution in [-0.2, 0) is 5.75 Å². The number of halogens is 1. The number of hydrogen-bond donors (Lipinski definition) is 1. The first-order valence-electron chi connectivity index (χ1n) is 5.60. The van der Waals surface area contributed by atoms with Crippen molar-refractivity contribution in [2.45, 2.75) is 10.9 Å². The summed E-state index contributed by atoms with van der Waals surface area (Å²) in [5.41, 5.74) is 7.16. The first-order valence-corrected chi connectivity index (χ1v) is 8.26. The van der Waals surface area contributed by atoms with Crippen molar-refractivity contribution in [1.29, 1.82) is 0 Å². The number of thiophene rings is 1. The fraction of sp³-hybridized carbons (Fsp3) is 0.0769. The average molecular weight is 352 g/mol. The fourth-order valence-electron chi connectivity index (χ4n) is 1.65. The van der Waals surface area contributed by atoms with Crippen LogP contribution in [0.5, 0.6) is 0 Å². The van der Waals surface area contributed by atoms with E-state index in [1.165, 1.54) is 5.56 Å². The van der Waals surface area contributed by atoms with Crippen molar-refractivity contribution in [3.05, 3.63) is 45.7 Å². The number of benzene rings is 1. The van der Waals surface area contributed by atoms with E-state index < -0.39 is 0 Å². The number of thioether (sulfide) groups is 1. The molecule has 0 spiro atoms. The largest absolute Gasteiger partial charge is 0.383 e. The summed E-state index contributed by atoms with van der Waals surface area (Å²) in [6.07, 6.45) is 0. The molecule has 0 aliphatic carbocycles. The number of nitrogens with two attached hydrogens (primary N) is 1. The third-order valence-corrected chi connectivity index (χ3v) is 4.87. The summed E-state index contributed by atoms with van der Waals surface area (Å²) in [7, 11) is 0. The van der Waals surface area contributed by atoms with E-state index in [0.717, 1.165) is 25.6 Å². The van der Waals surface area contributed by atoms with Crippen molar-refractivity contribution >= 4 is 55.1 Å². The molecule has 3 rings (SSSR count). The number of nitrogens with zero attached hydrogens (tertiary/aromatic N) is 2. The number of hydrogen-bond acceptors (Lipinski definition) is 5. The van der Waals surface area contributed by atoms with Crippen molar-refractivity contribution < 1.29 is 0 Å². The van der Waals surface area contributed by atoms with E-state index in [-0.39, 0.29) is 0 Å². The van der Waals surface area contributed by atoms with Gasteiger partial charge in [0.2, 0.25) is 0 Å². The monoisotopic (exact) mass is 351 g/mol. The Morgan fingerprint density at radius 1 is 1.16 bits per heavy atom. The number of fused-ring (bicyclic) bond motifs is 1. The Kier molecular flexibility index (Phi) is 3.72. The number of aromatic nitrogens is 2. The summed E-state index contributed by atoms with van der Waals surface area (Å²) >= 11 is 6.62. The molecule has 2 aromatic heterocycles. The molecular formula is C13H10BrN3S2. The van der Waals surface area contributed by atoms with Gasteiger partial charge < -0.3 is 5.73 Å². The molecule has 3 aromatic rings. The van der Waals surface area contributed by atoms with Crippen LogP contribution in [0.25, 0.3) is 10.2 Å². The Bertz CT molecular complexity index is 709. The summed E-state index contributed by atoms with van der Waals surface area (Å²) in [5.74, 6) is 1.40. The lowest BCUT2D eigenvalue weighted by Crippen LogP contribution is -1.95. The average Bonchev–Trinajstić information content (AvgIpc) is 2.87. The predicted octanol–water partition coefficient (Wildman–Crippen LogP) is 4.33. The number of anilines is 1. The molecule has 0 unspecified atom stereocenters. The zero-order valence-electron chi connectivity index (χ0n) is 9.84. The Morgan fingerprint density at radius 2 is 1.95 bits per heavy atom. The lowest BCUT2D eigenvalue weighted by Gasteiger charge is -2.03. The highest BCUT2D eigenvalue weighted by molar-refractivity contribution is 9.10. The van der Waals surface area contributed by atoms with Crippen LogP contribution in [0.15, 0.2) is 45.3 Å². The van der Waals surface area contributed by atoms with E-state index in [9.17, 15) is 0 Å². The van der Waals surface area contributed by atoms with E-state index in [0.29, 0.717) is 5.82 Å². The van der Waals surface area contributed by atoms with Crippen LogP contribution in [-0.4, -0.2) is 9.97 Å². The normalized spacial score (nSPS) is 11.0. The second-order valence-corrected chi connectivity index (χ2v) is 6.70. The van der Waals surface area contributed by atoms with Gasteiger partial charge in [0, 0.05) is 10.2 Å². The third kappa shape index (κ3) is 2.91. The summed E-state index contributed by atoms with van der Waals surface area (Å²) in [5, 5.41) is 3.66. The molecule has 0 aliphatic rings. The molecule has 0 saturated carbocycles. The molecule has 6 heteroatoms. The molecule has 3 nitrogen and oxygen atoms in total. The minimum absolute atomic E-state index is 0.560. The van der Waals surface area contributed by atoms with Crippen LogP contribution < -0.4 is 5.73 Å². The Balaban J connectivity index is 1.79. The molecule has 2 N–H and O–H groups in total. The van der Waals surface area contributed by atoms with Gasteiger partial charge in [0.1, 0.15) is 10.6 Å². The number of rotatable bonds is 3. The summed E-state index contributed by atoms with van der Waals surface area (Å²) in [6, 6.07) is 10.2. The second-order valence-electron chi connectivity index (χ2n) is 3.95. The standard InChI is InChI=1S/C13H10BrN3S2/c14-9-3-1-8(2-4-9)7-19-13-16-11(15)10-5-6-18-12(10)17-13/h1-6H,7H2,(H2,15,16,17). The quantitative estimate of drug-likeness (QED) is 0.563. The zero-order valence-corrected chi connectivity index (χ0v) is 13.1. The van der Waals surface area contributed by atoms with Gasteiger partial charge in [-0.05, 0) is 29.1 Å². The van der Waals surface area contributed by atoms with Gasteiger partial charge >= 0.3 is 0 Å². The molecule has 0 bridgehead atoms. The predicted molar refractivity (Wildman–Crippen MR) is 85.5 cm³/mol. The van der Waals surface area contributed by atoms with Crippen LogP contribution in [0.1, 0.15) is 5.56 Å². The van der Waals surface area contributed by atoms with Gasteiger partial charge in [0.15, 0.2) is 5.16 Å². The molecule has 0 amide bonds. The topological polar surface area (TPSA) is 51.8 Å². The SMILES string of the molecule is Nc1nc(SCc2ccc(Br)cc2)nc2sccc12. The van der Waals surface area contributed by atoms with Crippen LogP contribution >= 0.6 is 39.0 Å². The molecule has 96 valence electrons. The lowest BCUT2D eigenvalue weighted by molar-refractivity contribution is 1.02. The van der Waals surface area contributed by atoms with E-state index in [2.05, 4.69) is 38.0 Å². The highest BCUT2D eigenvalue weighted by Crippen LogP contribution is 2.27. The van der Waals surface area contributed by atoms with Gasteiger partial charge in [-0.2, -0.15) is 0 Å². The molecule has 2 heterocycles. The van der Waals surface area contributed by atoms with Crippen molar-refractivity contribution in [3.8, 4) is 0 Å². The highest BCUT2D eigenvalue weighted by atomic mass is 79.9. The molecule has 1 aromatic carbocycles. The molecule has 19 heavy (non-hydrogen) atoms. The number of nitrogen functional groups attached to an aromatic ring is 1. The maximum Gasteiger partial charge on any atom is 0.191 e. The van der Waals surface area contributed by atoms with Crippen molar-refractivity contribution in [1.82, 2.24) is 9.97 Å². The van der Waals surface area contributed by atoms with E-state index in [4.69, 9.17) is 5.73 Å². The van der Waals surface area contributed by atoms with Crippen LogP contribution in [0, 0.1) is 0 Å². The Morgan fingerprint density at radius 3 is 2.74 bits per heavy atom. The van der Waals surface area contributed by atoms with Crippen LogP contribution in [0.2, 0.25) is 0 Å². The van der Waals surface area contributed by atoms with Gasteiger partial charge in [-0.3, -0.25) is 0 Å². The van der Waals surface area contributed by atoms with Gasteiger partial charge in [0.25, 0.3) is 0 Å². The summed E-state index contributed by atoms with van der Waals surface area (Å²) < 4.78 is 1.08. The summed E-state index contributed by atoms with van der Waals surface area (Å²) in [4.78, 5) is 9.79. The van der Waals surface area contributed by atoms with Crippen molar-refractivity contribution in [2.24, 2.45) is 0 Å². The Hall–Kier alpha value is -1.11. The Labute approximate surface area is 127 Å². The molecule has 0 saturated heterocycles.